The van der Waals surface area contributed by atoms with Crippen molar-refractivity contribution >= 4 is 12.1 Å². The third-order valence-electron chi connectivity index (χ3n) is 3.73. The van der Waals surface area contributed by atoms with Crippen LogP contribution in [0, 0.1) is 0 Å². The van der Waals surface area contributed by atoms with Gasteiger partial charge in [0, 0.05) is 11.1 Å². The average Bonchev–Trinajstić information content (AvgIpc) is 2.69. The van der Waals surface area contributed by atoms with Crippen LogP contribution in [0.3, 0.4) is 0 Å². The standard InChI is InChI=1S/C21H15F3N2O2/c22-21(23,24)17-12-10-15(11-13-17)20(27)26-25-14-16-6-4-5-9-19(16)28-18-7-2-1-3-8-18/h1-14H,(H,26,27). The summed E-state index contributed by atoms with van der Waals surface area (Å²) < 4.78 is 43.5. The number of ether oxygens (including phenoxy) is 1. The number of hydrazone groups is 1. The van der Waals surface area contributed by atoms with Gasteiger partial charge in [-0.05, 0) is 48.5 Å². The lowest BCUT2D eigenvalue weighted by Crippen LogP contribution is -2.18. The van der Waals surface area contributed by atoms with E-state index in [1.807, 2.05) is 18.2 Å². The van der Waals surface area contributed by atoms with E-state index in [9.17, 15) is 18.0 Å². The Balaban J connectivity index is 1.67. The quantitative estimate of drug-likeness (QED) is 0.482. The summed E-state index contributed by atoms with van der Waals surface area (Å²) in [7, 11) is 0. The fourth-order valence-corrected chi connectivity index (χ4v) is 2.33. The van der Waals surface area contributed by atoms with Gasteiger partial charge >= 0.3 is 6.18 Å². The Morgan fingerprint density at radius 2 is 1.54 bits per heavy atom. The van der Waals surface area contributed by atoms with Crippen LogP contribution in [0.15, 0.2) is 84.0 Å². The fraction of sp³-hybridized carbons (Fsp3) is 0.0476. The second kappa shape index (κ2) is 8.39. The predicted molar refractivity (Wildman–Crippen MR) is 99.5 cm³/mol. The molecule has 0 saturated heterocycles. The van der Waals surface area contributed by atoms with Gasteiger partial charge < -0.3 is 4.74 Å². The predicted octanol–water partition coefficient (Wildman–Crippen LogP) is 5.26. The van der Waals surface area contributed by atoms with Gasteiger partial charge in [0.15, 0.2) is 0 Å². The molecule has 0 unspecified atom stereocenters. The van der Waals surface area contributed by atoms with Gasteiger partial charge in [-0.25, -0.2) is 5.43 Å². The third-order valence-corrected chi connectivity index (χ3v) is 3.73. The number of hydrogen-bond acceptors (Lipinski definition) is 3. The molecule has 0 fully saturated rings. The summed E-state index contributed by atoms with van der Waals surface area (Å²) in [6, 6.07) is 20.2. The van der Waals surface area contributed by atoms with E-state index in [-0.39, 0.29) is 5.56 Å². The molecule has 1 amide bonds. The number of nitrogens with zero attached hydrogens (tertiary/aromatic N) is 1. The number of carbonyl (C=O) groups is 1. The summed E-state index contributed by atoms with van der Waals surface area (Å²) >= 11 is 0. The first-order valence-corrected chi connectivity index (χ1v) is 8.26. The highest BCUT2D eigenvalue weighted by Gasteiger charge is 2.30. The third kappa shape index (κ3) is 4.97. The Labute approximate surface area is 159 Å². The SMILES string of the molecule is O=C(NN=Cc1ccccc1Oc1ccccc1)c1ccc(C(F)(F)F)cc1. The number of para-hydroxylation sites is 2. The molecular weight excluding hydrogens is 369 g/mol. The van der Waals surface area contributed by atoms with Gasteiger partial charge in [-0.15, -0.1) is 0 Å². The van der Waals surface area contributed by atoms with Crippen molar-refractivity contribution in [1.82, 2.24) is 5.43 Å². The van der Waals surface area contributed by atoms with Gasteiger partial charge in [0.05, 0.1) is 11.8 Å². The minimum absolute atomic E-state index is 0.0685. The summed E-state index contributed by atoms with van der Waals surface area (Å²) in [5.74, 6) is 0.574. The summed E-state index contributed by atoms with van der Waals surface area (Å²) in [4.78, 5) is 12.0. The molecule has 28 heavy (non-hydrogen) atoms. The molecule has 1 N–H and O–H groups in total. The van der Waals surface area contributed by atoms with Crippen LogP contribution in [-0.2, 0) is 6.18 Å². The zero-order chi connectivity index (χ0) is 20.0. The molecule has 0 bridgehead atoms. The van der Waals surface area contributed by atoms with Crippen molar-refractivity contribution in [3.63, 3.8) is 0 Å². The van der Waals surface area contributed by atoms with Gasteiger partial charge in [-0.1, -0.05) is 30.3 Å². The van der Waals surface area contributed by atoms with E-state index >= 15 is 0 Å². The van der Waals surface area contributed by atoms with E-state index < -0.39 is 17.6 Å². The molecule has 0 radical (unpaired) electrons. The van der Waals surface area contributed by atoms with Crippen molar-refractivity contribution in [1.29, 1.82) is 0 Å². The minimum atomic E-state index is -4.45. The number of nitrogens with one attached hydrogen (secondary N) is 1. The van der Waals surface area contributed by atoms with Crippen LogP contribution in [0.5, 0.6) is 11.5 Å². The number of amides is 1. The highest BCUT2D eigenvalue weighted by Crippen LogP contribution is 2.29. The molecule has 0 spiro atoms. The summed E-state index contributed by atoms with van der Waals surface area (Å²) in [5.41, 5.74) is 2.16. The molecular formula is C21H15F3N2O2. The molecule has 0 saturated carbocycles. The lowest BCUT2D eigenvalue weighted by Gasteiger charge is -2.08. The van der Waals surface area contributed by atoms with E-state index in [1.54, 1.807) is 36.4 Å². The van der Waals surface area contributed by atoms with Gasteiger partial charge in [-0.3, -0.25) is 4.79 Å². The van der Waals surface area contributed by atoms with Crippen molar-refractivity contribution in [2.45, 2.75) is 6.18 Å². The van der Waals surface area contributed by atoms with E-state index in [2.05, 4.69) is 10.5 Å². The van der Waals surface area contributed by atoms with Crippen molar-refractivity contribution in [3.8, 4) is 11.5 Å². The van der Waals surface area contributed by atoms with Crippen molar-refractivity contribution in [3.05, 3.63) is 95.6 Å². The first-order valence-electron chi connectivity index (χ1n) is 8.26. The maximum absolute atomic E-state index is 12.6. The smallest absolute Gasteiger partial charge is 0.416 e. The van der Waals surface area contributed by atoms with Crippen molar-refractivity contribution < 1.29 is 22.7 Å². The minimum Gasteiger partial charge on any atom is -0.457 e. The van der Waals surface area contributed by atoms with Gasteiger partial charge in [0.25, 0.3) is 5.91 Å². The van der Waals surface area contributed by atoms with Crippen LogP contribution >= 0.6 is 0 Å². The molecule has 0 heterocycles. The van der Waals surface area contributed by atoms with E-state index in [0.29, 0.717) is 17.1 Å². The lowest BCUT2D eigenvalue weighted by molar-refractivity contribution is -0.137. The molecule has 0 aromatic heterocycles. The van der Waals surface area contributed by atoms with Gasteiger partial charge in [-0.2, -0.15) is 18.3 Å². The molecule has 142 valence electrons. The molecule has 0 atom stereocenters. The normalized spacial score (nSPS) is 11.4. The Morgan fingerprint density at radius 1 is 0.893 bits per heavy atom. The maximum atomic E-state index is 12.6. The second-order valence-electron chi connectivity index (χ2n) is 5.73. The number of carbonyl (C=O) groups excluding carboxylic acids is 1. The van der Waals surface area contributed by atoms with Crippen LogP contribution in [-0.4, -0.2) is 12.1 Å². The van der Waals surface area contributed by atoms with Crippen LogP contribution in [0.2, 0.25) is 0 Å². The topological polar surface area (TPSA) is 50.7 Å². The lowest BCUT2D eigenvalue weighted by atomic mass is 10.1. The van der Waals surface area contributed by atoms with Crippen molar-refractivity contribution in [2.75, 3.05) is 0 Å². The molecule has 0 aliphatic carbocycles. The largest absolute Gasteiger partial charge is 0.457 e. The molecule has 0 aliphatic rings. The molecule has 3 aromatic rings. The van der Waals surface area contributed by atoms with Gasteiger partial charge in [0.1, 0.15) is 11.5 Å². The molecule has 4 nitrogen and oxygen atoms in total. The highest BCUT2D eigenvalue weighted by atomic mass is 19.4. The van der Waals surface area contributed by atoms with Crippen molar-refractivity contribution in [2.24, 2.45) is 5.10 Å². The zero-order valence-corrected chi connectivity index (χ0v) is 14.5. The molecule has 3 rings (SSSR count). The van der Waals surface area contributed by atoms with Crippen LogP contribution < -0.4 is 10.2 Å². The molecule has 7 heteroatoms. The number of halogens is 3. The van der Waals surface area contributed by atoms with E-state index in [1.165, 1.54) is 6.21 Å². The number of benzene rings is 3. The Hall–Kier alpha value is -3.61. The molecule has 3 aromatic carbocycles. The Kier molecular flexibility index (Phi) is 5.74. The maximum Gasteiger partial charge on any atom is 0.416 e. The summed E-state index contributed by atoms with van der Waals surface area (Å²) in [6.45, 7) is 0. The first-order chi connectivity index (χ1) is 13.4. The zero-order valence-electron chi connectivity index (χ0n) is 14.5. The molecule has 0 aliphatic heterocycles. The second-order valence-corrected chi connectivity index (χ2v) is 5.73. The number of rotatable bonds is 5. The summed E-state index contributed by atoms with van der Waals surface area (Å²) in [5, 5.41) is 3.86. The van der Waals surface area contributed by atoms with E-state index in [0.717, 1.165) is 24.3 Å². The van der Waals surface area contributed by atoms with Crippen LogP contribution in [0.4, 0.5) is 13.2 Å². The highest BCUT2D eigenvalue weighted by molar-refractivity contribution is 5.95. The fourth-order valence-electron chi connectivity index (χ4n) is 2.33. The Morgan fingerprint density at radius 3 is 2.21 bits per heavy atom. The monoisotopic (exact) mass is 384 g/mol. The Bertz CT molecular complexity index is 969. The van der Waals surface area contributed by atoms with Crippen LogP contribution in [0.25, 0.3) is 0 Å². The average molecular weight is 384 g/mol. The first kappa shape index (κ1) is 19.2. The van der Waals surface area contributed by atoms with E-state index in [4.69, 9.17) is 4.74 Å². The van der Waals surface area contributed by atoms with Crippen LogP contribution in [0.1, 0.15) is 21.5 Å². The number of hydrogen-bond donors (Lipinski definition) is 1. The van der Waals surface area contributed by atoms with Gasteiger partial charge in [0.2, 0.25) is 0 Å². The summed E-state index contributed by atoms with van der Waals surface area (Å²) in [6.07, 6.45) is -3.05. The number of alkyl halides is 3.